The van der Waals surface area contributed by atoms with E-state index in [-0.39, 0.29) is 5.91 Å². The molecule has 0 atom stereocenters. The summed E-state index contributed by atoms with van der Waals surface area (Å²) >= 11 is 0. The van der Waals surface area contributed by atoms with Gasteiger partial charge in [0.15, 0.2) is 9.84 Å². The first kappa shape index (κ1) is 21.2. The minimum absolute atomic E-state index is 0.335. The van der Waals surface area contributed by atoms with Crippen molar-refractivity contribution in [2.24, 2.45) is 0 Å². The number of aryl methyl sites for hydroxylation is 1. The fourth-order valence-electron chi connectivity index (χ4n) is 3.35. The van der Waals surface area contributed by atoms with Crippen LogP contribution in [0.5, 0.6) is 0 Å². The average Bonchev–Trinajstić information content (AvgIpc) is 2.93. The normalized spacial score (nSPS) is 16.1. The highest BCUT2D eigenvalue weighted by molar-refractivity contribution is 7.95. The summed E-state index contributed by atoms with van der Waals surface area (Å²) in [6.07, 6.45) is 2.35. The Morgan fingerprint density at radius 2 is 1.83 bits per heavy atom. The van der Waals surface area contributed by atoms with E-state index in [1.807, 2.05) is 55.5 Å². The number of carbonyl (C=O) groups is 1. The molecule has 3 rings (SSSR count). The van der Waals surface area contributed by atoms with E-state index in [1.54, 1.807) is 4.90 Å². The highest BCUT2D eigenvalue weighted by atomic mass is 32.2. The monoisotopic (exact) mass is 413 g/mol. The Bertz CT molecular complexity index is 958. The van der Waals surface area contributed by atoms with Crippen LogP contribution < -0.4 is 0 Å². The van der Waals surface area contributed by atoms with Crippen molar-refractivity contribution in [2.75, 3.05) is 31.9 Å². The molecule has 1 aromatic heterocycles. The molecule has 154 valence electrons. The van der Waals surface area contributed by atoms with Crippen LogP contribution in [0.2, 0.25) is 0 Å². The Morgan fingerprint density at radius 1 is 1.03 bits per heavy atom. The van der Waals surface area contributed by atoms with E-state index >= 15 is 0 Å². The van der Waals surface area contributed by atoms with Crippen molar-refractivity contribution in [2.45, 2.75) is 19.9 Å². The number of carbonyl (C=O) groups excluding carboxylic acids is 1. The van der Waals surface area contributed by atoms with Crippen LogP contribution in [0.3, 0.4) is 0 Å². The Kier molecular flexibility index (Phi) is 7.17. The lowest BCUT2D eigenvalue weighted by molar-refractivity contribution is -0.128. The van der Waals surface area contributed by atoms with E-state index in [9.17, 15) is 13.2 Å². The lowest BCUT2D eigenvalue weighted by Crippen LogP contribution is -2.38. The molecule has 2 heterocycles. The Balaban J connectivity index is 1.54. The molecule has 6 nitrogen and oxygen atoms in total. The summed E-state index contributed by atoms with van der Waals surface area (Å²) in [6.45, 7) is 5.39. The summed E-state index contributed by atoms with van der Waals surface area (Å²) in [6, 6.07) is 15.2. The van der Waals surface area contributed by atoms with Crippen molar-refractivity contribution in [3.63, 3.8) is 0 Å². The maximum Gasteiger partial charge on any atom is 0.238 e. The number of nitrogens with zero attached hydrogens (tertiary/aromatic N) is 3. The molecule has 0 N–H and O–H groups in total. The second-order valence-corrected chi connectivity index (χ2v) is 9.19. The zero-order valence-corrected chi connectivity index (χ0v) is 17.5. The zero-order chi connectivity index (χ0) is 20.7. The van der Waals surface area contributed by atoms with Gasteiger partial charge < -0.3 is 4.90 Å². The highest BCUT2D eigenvalue weighted by Crippen LogP contribution is 2.10. The van der Waals surface area contributed by atoms with Gasteiger partial charge in [0.25, 0.3) is 0 Å². The summed E-state index contributed by atoms with van der Waals surface area (Å²) < 4.78 is 24.7. The van der Waals surface area contributed by atoms with Gasteiger partial charge in [-0.05, 0) is 37.1 Å². The third-order valence-electron chi connectivity index (χ3n) is 4.86. The molecule has 1 saturated heterocycles. The molecule has 1 fully saturated rings. The standard InChI is InChI=1S/C22H27N3O3S/c1-19-7-5-10-21(23-19)17-24-12-6-13-25(15-14-24)22(26)18-29(27,28)16-11-20-8-3-2-4-9-20/h2-5,7-11,16H,6,12-15,17-18H2,1H3/b16-11+. The van der Waals surface area contributed by atoms with Crippen LogP contribution in [-0.2, 0) is 21.2 Å². The lowest BCUT2D eigenvalue weighted by atomic mass is 10.2. The summed E-state index contributed by atoms with van der Waals surface area (Å²) in [5.74, 6) is -0.825. The smallest absolute Gasteiger partial charge is 0.238 e. The van der Waals surface area contributed by atoms with Crippen LogP contribution in [0, 0.1) is 6.92 Å². The second-order valence-electron chi connectivity index (χ2n) is 7.30. The summed E-state index contributed by atoms with van der Waals surface area (Å²) in [5, 5.41) is 1.13. The van der Waals surface area contributed by atoms with Gasteiger partial charge in [0.05, 0.1) is 5.69 Å². The maximum atomic E-state index is 12.6. The number of hydrogen-bond acceptors (Lipinski definition) is 5. The molecule has 29 heavy (non-hydrogen) atoms. The van der Waals surface area contributed by atoms with E-state index in [1.165, 1.54) is 6.08 Å². The fraction of sp³-hybridized carbons (Fsp3) is 0.364. The molecule has 0 saturated carbocycles. The molecule has 1 aliphatic rings. The molecule has 0 spiro atoms. The van der Waals surface area contributed by atoms with Gasteiger partial charge in [0.1, 0.15) is 5.75 Å². The predicted molar refractivity (Wildman–Crippen MR) is 115 cm³/mol. The molecule has 0 unspecified atom stereocenters. The lowest BCUT2D eigenvalue weighted by Gasteiger charge is -2.21. The van der Waals surface area contributed by atoms with Crippen LogP contribution in [0.1, 0.15) is 23.4 Å². The number of pyridine rings is 1. The molecule has 2 aromatic rings. The van der Waals surface area contributed by atoms with Gasteiger partial charge in [-0.2, -0.15) is 0 Å². The summed E-state index contributed by atoms with van der Waals surface area (Å²) in [5.41, 5.74) is 2.79. The van der Waals surface area contributed by atoms with Crippen LogP contribution in [0.4, 0.5) is 0 Å². The molecular weight excluding hydrogens is 386 g/mol. The van der Waals surface area contributed by atoms with Gasteiger partial charge in [0, 0.05) is 43.8 Å². The minimum atomic E-state index is -3.60. The van der Waals surface area contributed by atoms with Crippen LogP contribution >= 0.6 is 0 Å². The van der Waals surface area contributed by atoms with Crippen LogP contribution in [0.25, 0.3) is 6.08 Å². The number of sulfone groups is 1. The van der Waals surface area contributed by atoms with Crippen LogP contribution in [-0.4, -0.2) is 61.0 Å². The van der Waals surface area contributed by atoms with Gasteiger partial charge in [-0.25, -0.2) is 8.42 Å². The Labute approximate surface area is 172 Å². The predicted octanol–water partition coefficient (Wildman–Crippen LogP) is 2.51. The third-order valence-corrected chi connectivity index (χ3v) is 6.06. The molecular formula is C22H27N3O3S. The third kappa shape index (κ3) is 6.80. The molecule has 0 radical (unpaired) electrons. The van der Waals surface area contributed by atoms with Gasteiger partial charge in [-0.3, -0.25) is 14.7 Å². The average molecular weight is 414 g/mol. The number of aromatic nitrogens is 1. The van der Waals surface area contributed by atoms with Gasteiger partial charge in [0.2, 0.25) is 5.91 Å². The molecule has 1 aromatic carbocycles. The first-order valence-corrected chi connectivity index (χ1v) is 11.5. The van der Waals surface area contributed by atoms with E-state index in [0.29, 0.717) is 19.6 Å². The largest absolute Gasteiger partial charge is 0.340 e. The van der Waals surface area contributed by atoms with Crippen molar-refractivity contribution in [3.8, 4) is 0 Å². The number of amides is 1. The Morgan fingerprint density at radius 3 is 2.59 bits per heavy atom. The van der Waals surface area contributed by atoms with E-state index in [4.69, 9.17) is 0 Å². The van der Waals surface area contributed by atoms with Gasteiger partial charge in [-0.15, -0.1) is 0 Å². The molecule has 0 bridgehead atoms. The van der Waals surface area contributed by atoms with Crippen LogP contribution in [0.15, 0.2) is 53.9 Å². The topological polar surface area (TPSA) is 70.6 Å². The first-order valence-electron chi connectivity index (χ1n) is 9.80. The van der Waals surface area contributed by atoms with E-state index < -0.39 is 15.6 Å². The highest BCUT2D eigenvalue weighted by Gasteiger charge is 2.23. The van der Waals surface area contributed by atoms with Crippen molar-refractivity contribution in [3.05, 3.63) is 70.9 Å². The van der Waals surface area contributed by atoms with Crippen molar-refractivity contribution in [1.29, 1.82) is 0 Å². The van der Waals surface area contributed by atoms with Crippen molar-refractivity contribution >= 4 is 21.8 Å². The maximum absolute atomic E-state index is 12.6. The second kappa shape index (κ2) is 9.80. The SMILES string of the molecule is Cc1cccc(CN2CCCN(C(=O)CS(=O)(=O)/C=C/c3ccccc3)CC2)n1. The quantitative estimate of drug-likeness (QED) is 0.728. The number of rotatable bonds is 6. The molecule has 7 heteroatoms. The molecule has 0 aliphatic carbocycles. The first-order chi connectivity index (χ1) is 13.9. The summed E-state index contributed by atoms with van der Waals surface area (Å²) in [4.78, 5) is 21.0. The van der Waals surface area contributed by atoms with Crippen molar-refractivity contribution in [1.82, 2.24) is 14.8 Å². The van der Waals surface area contributed by atoms with E-state index in [2.05, 4.69) is 9.88 Å². The molecule has 1 aliphatic heterocycles. The number of hydrogen-bond donors (Lipinski definition) is 0. The van der Waals surface area contributed by atoms with Gasteiger partial charge in [-0.1, -0.05) is 36.4 Å². The van der Waals surface area contributed by atoms with Gasteiger partial charge >= 0.3 is 0 Å². The van der Waals surface area contributed by atoms with E-state index in [0.717, 1.165) is 41.9 Å². The number of benzene rings is 1. The Hall–Kier alpha value is -2.51. The summed E-state index contributed by atoms with van der Waals surface area (Å²) in [7, 11) is -3.60. The minimum Gasteiger partial charge on any atom is -0.340 e. The van der Waals surface area contributed by atoms with Crippen molar-refractivity contribution < 1.29 is 13.2 Å². The zero-order valence-electron chi connectivity index (χ0n) is 16.7. The molecule has 1 amide bonds. The fourth-order valence-corrected chi connectivity index (χ4v) is 4.34.